The van der Waals surface area contributed by atoms with E-state index in [0.29, 0.717) is 29.6 Å². The molecule has 8 atom stereocenters. The third kappa shape index (κ3) is 7.36. The number of fused-ring (bicyclic) bond motifs is 3. The Hall–Kier alpha value is -4.21. The van der Waals surface area contributed by atoms with E-state index in [1.165, 1.54) is 33.8 Å². The fourth-order valence-electron chi connectivity index (χ4n) is 8.02. The molecular formula is C37H46O10. The molecule has 3 aliphatic rings. The van der Waals surface area contributed by atoms with Crippen LogP contribution >= 0.6 is 0 Å². The molecule has 2 bridgehead atoms. The highest BCUT2D eigenvalue weighted by Gasteiger charge is 2.64. The second-order valence-electron chi connectivity index (χ2n) is 13.6. The second kappa shape index (κ2) is 13.9. The van der Waals surface area contributed by atoms with Crippen LogP contribution in [0.5, 0.6) is 0 Å². The van der Waals surface area contributed by atoms with Gasteiger partial charge in [0, 0.05) is 40.2 Å². The number of esters is 5. The number of carbonyl (C=O) groups excluding carboxylic acids is 5. The van der Waals surface area contributed by atoms with Gasteiger partial charge in [0.05, 0.1) is 5.41 Å². The maximum Gasteiger partial charge on any atom is 0.331 e. The lowest BCUT2D eigenvalue weighted by Crippen LogP contribution is -2.64. The first kappa shape index (κ1) is 35.6. The Bertz CT molecular complexity index is 1490. The number of rotatable bonds is 7. The van der Waals surface area contributed by atoms with Crippen LogP contribution in [-0.2, 0) is 47.7 Å². The Balaban J connectivity index is 1.89. The van der Waals surface area contributed by atoms with E-state index in [0.717, 1.165) is 5.56 Å². The van der Waals surface area contributed by atoms with Crippen LogP contribution in [0.2, 0.25) is 0 Å². The molecule has 0 saturated heterocycles. The highest BCUT2D eigenvalue weighted by atomic mass is 16.6. The smallest absolute Gasteiger partial charge is 0.331 e. The van der Waals surface area contributed by atoms with Gasteiger partial charge in [-0.1, -0.05) is 57.7 Å². The van der Waals surface area contributed by atoms with E-state index in [1.807, 2.05) is 58.0 Å². The highest BCUT2D eigenvalue weighted by Crippen LogP contribution is 2.61. The number of hydrogen-bond donors (Lipinski definition) is 0. The quantitative estimate of drug-likeness (QED) is 0.157. The van der Waals surface area contributed by atoms with Crippen LogP contribution in [0.3, 0.4) is 0 Å². The van der Waals surface area contributed by atoms with Gasteiger partial charge in [0.2, 0.25) is 0 Å². The van der Waals surface area contributed by atoms with Crippen LogP contribution in [0.25, 0.3) is 6.08 Å². The lowest BCUT2D eigenvalue weighted by molar-refractivity contribution is -0.212. The molecule has 10 heteroatoms. The first-order valence-corrected chi connectivity index (χ1v) is 16.0. The predicted octanol–water partition coefficient (Wildman–Crippen LogP) is 5.69. The van der Waals surface area contributed by atoms with Gasteiger partial charge < -0.3 is 23.7 Å². The summed E-state index contributed by atoms with van der Waals surface area (Å²) in [6, 6.07) is 9.30. The van der Waals surface area contributed by atoms with E-state index in [4.69, 9.17) is 23.7 Å². The van der Waals surface area contributed by atoms with Crippen molar-refractivity contribution in [3.05, 3.63) is 65.3 Å². The van der Waals surface area contributed by atoms with Crippen molar-refractivity contribution in [2.45, 2.75) is 105 Å². The zero-order chi connectivity index (χ0) is 34.8. The Morgan fingerprint density at radius 1 is 0.766 bits per heavy atom. The lowest BCUT2D eigenvalue weighted by Gasteiger charge is -2.59. The van der Waals surface area contributed by atoms with E-state index < -0.39 is 77.1 Å². The summed E-state index contributed by atoms with van der Waals surface area (Å²) in [7, 11) is 0. The van der Waals surface area contributed by atoms with Crippen LogP contribution < -0.4 is 0 Å². The Morgan fingerprint density at radius 2 is 1.36 bits per heavy atom. The molecule has 1 unspecified atom stereocenters. The molecule has 0 spiro atoms. The van der Waals surface area contributed by atoms with Crippen LogP contribution in [0.1, 0.15) is 80.2 Å². The van der Waals surface area contributed by atoms with E-state index in [2.05, 4.69) is 6.58 Å². The molecule has 0 amide bonds. The van der Waals surface area contributed by atoms with Gasteiger partial charge in [0.1, 0.15) is 18.3 Å². The summed E-state index contributed by atoms with van der Waals surface area (Å²) in [5, 5.41) is 0. The number of hydrogen-bond acceptors (Lipinski definition) is 10. The predicted molar refractivity (Wildman–Crippen MR) is 172 cm³/mol. The summed E-state index contributed by atoms with van der Waals surface area (Å²) in [5.74, 6) is -3.57. The van der Waals surface area contributed by atoms with Crippen LogP contribution in [0, 0.1) is 22.7 Å². The van der Waals surface area contributed by atoms with Crippen molar-refractivity contribution >= 4 is 35.9 Å². The van der Waals surface area contributed by atoms with Crippen molar-refractivity contribution in [2.24, 2.45) is 22.7 Å². The van der Waals surface area contributed by atoms with E-state index in [-0.39, 0.29) is 12.3 Å². The molecule has 2 saturated carbocycles. The molecule has 254 valence electrons. The first-order chi connectivity index (χ1) is 22.0. The minimum atomic E-state index is -1.17. The van der Waals surface area contributed by atoms with Crippen molar-refractivity contribution < 1.29 is 47.7 Å². The molecule has 2 fully saturated rings. The fraction of sp³-hybridized carbons (Fsp3) is 0.541. The molecule has 3 aliphatic carbocycles. The Morgan fingerprint density at radius 3 is 1.94 bits per heavy atom. The van der Waals surface area contributed by atoms with Crippen molar-refractivity contribution in [1.29, 1.82) is 0 Å². The number of ether oxygens (including phenoxy) is 5. The number of carbonyl (C=O) groups is 5. The molecule has 1 aromatic rings. The van der Waals surface area contributed by atoms with E-state index in [9.17, 15) is 24.0 Å². The topological polar surface area (TPSA) is 132 Å². The van der Waals surface area contributed by atoms with Gasteiger partial charge in [0.25, 0.3) is 0 Å². The van der Waals surface area contributed by atoms with Gasteiger partial charge in [-0.2, -0.15) is 0 Å². The largest absolute Gasteiger partial charge is 0.462 e. The van der Waals surface area contributed by atoms with Gasteiger partial charge in [-0.3, -0.25) is 19.2 Å². The summed E-state index contributed by atoms with van der Waals surface area (Å²) in [5.41, 5.74) is 0.978. The second-order valence-corrected chi connectivity index (χ2v) is 13.6. The summed E-state index contributed by atoms with van der Waals surface area (Å²) in [6.45, 7) is 17.4. The standard InChI is InChI=1S/C37H46O10/c1-20-28-17-27-18-29(43-22(3)38)21(2)33(36(27,7)8)34(45-24(5)40)35(46-25(6)41)37(28,9)31(44-23(4)39)19-30(20)47-32(42)16-15-26-13-11-10-12-14-26/h10-16,27-31,34-35H,1,17-19H2,2-9H3/b16-15+/t27?,28-,29+,30+,31+,34-,35+,37+/m0/s1. The summed E-state index contributed by atoms with van der Waals surface area (Å²) in [4.78, 5) is 63.6. The molecule has 47 heavy (non-hydrogen) atoms. The zero-order valence-electron chi connectivity index (χ0n) is 28.5. The highest BCUT2D eigenvalue weighted by molar-refractivity contribution is 5.87. The number of benzene rings is 1. The van der Waals surface area contributed by atoms with Crippen molar-refractivity contribution in [3.63, 3.8) is 0 Å². The SMILES string of the molecule is C=C1[C@H](OC(=O)/C=C/c2ccccc2)C[C@@H](OC(C)=O)[C@]2(C)[C@H](OC(C)=O)[C@@H](OC(C)=O)C3=C(C)[C@H](OC(C)=O)CC(C[C@@H]12)C3(C)C. The third-order valence-electron chi connectivity index (χ3n) is 10.2. The lowest BCUT2D eigenvalue weighted by atomic mass is 9.49. The van der Waals surface area contributed by atoms with E-state index >= 15 is 0 Å². The molecular weight excluding hydrogens is 604 g/mol. The van der Waals surface area contributed by atoms with Gasteiger partial charge in [-0.15, -0.1) is 0 Å². The van der Waals surface area contributed by atoms with Crippen molar-refractivity contribution in [1.82, 2.24) is 0 Å². The van der Waals surface area contributed by atoms with E-state index in [1.54, 1.807) is 6.08 Å². The molecule has 0 aliphatic heterocycles. The third-order valence-corrected chi connectivity index (χ3v) is 10.2. The molecule has 1 aromatic carbocycles. The molecule has 0 N–H and O–H groups in total. The maximum absolute atomic E-state index is 13.1. The monoisotopic (exact) mass is 650 g/mol. The maximum atomic E-state index is 13.1. The first-order valence-electron chi connectivity index (χ1n) is 16.0. The fourth-order valence-corrected chi connectivity index (χ4v) is 8.02. The van der Waals surface area contributed by atoms with Crippen LogP contribution in [0.15, 0.2) is 59.7 Å². The van der Waals surface area contributed by atoms with Gasteiger partial charge in [-0.25, -0.2) is 4.79 Å². The average molecular weight is 651 g/mol. The summed E-state index contributed by atoms with van der Waals surface area (Å²) >= 11 is 0. The molecule has 0 radical (unpaired) electrons. The molecule has 0 heterocycles. The van der Waals surface area contributed by atoms with Gasteiger partial charge in [0.15, 0.2) is 12.2 Å². The van der Waals surface area contributed by atoms with Gasteiger partial charge >= 0.3 is 29.8 Å². The summed E-state index contributed by atoms with van der Waals surface area (Å²) < 4.78 is 29.9. The average Bonchev–Trinajstić information content (AvgIpc) is 2.96. The van der Waals surface area contributed by atoms with Crippen LogP contribution in [0.4, 0.5) is 0 Å². The van der Waals surface area contributed by atoms with Crippen molar-refractivity contribution in [2.75, 3.05) is 0 Å². The summed E-state index contributed by atoms with van der Waals surface area (Å²) in [6.07, 6.45) is -0.715. The molecule has 10 nitrogen and oxygen atoms in total. The van der Waals surface area contributed by atoms with Crippen LogP contribution in [-0.4, -0.2) is 60.4 Å². The minimum absolute atomic E-state index is 0.0447. The molecule has 0 aromatic heterocycles. The van der Waals surface area contributed by atoms with Crippen molar-refractivity contribution in [3.8, 4) is 0 Å². The molecule has 4 rings (SSSR count). The Labute approximate surface area is 276 Å². The zero-order valence-corrected chi connectivity index (χ0v) is 28.5. The minimum Gasteiger partial charge on any atom is -0.462 e. The normalized spacial score (nSPS) is 31.5. The van der Waals surface area contributed by atoms with Gasteiger partial charge in [-0.05, 0) is 65.4 Å². The Kier molecular flexibility index (Phi) is 10.5.